The zero-order valence-corrected chi connectivity index (χ0v) is 7.43. The summed E-state index contributed by atoms with van der Waals surface area (Å²) in [5, 5.41) is 0. The van der Waals surface area contributed by atoms with E-state index in [-0.39, 0.29) is 12.2 Å². The molecule has 0 aliphatic heterocycles. The van der Waals surface area contributed by atoms with Gasteiger partial charge in [0.15, 0.2) is 0 Å². The van der Waals surface area contributed by atoms with Crippen LogP contribution in [0.1, 0.15) is 27.7 Å². The third-order valence-electron chi connectivity index (χ3n) is 0.401. The van der Waals surface area contributed by atoms with E-state index in [0.717, 1.165) is 0 Å². The second-order valence-electron chi connectivity index (χ2n) is 2.32. The van der Waals surface area contributed by atoms with Crippen LogP contribution in [0.25, 0.3) is 0 Å². The van der Waals surface area contributed by atoms with E-state index in [2.05, 4.69) is 0 Å². The van der Waals surface area contributed by atoms with E-state index in [1.807, 2.05) is 27.7 Å². The van der Waals surface area contributed by atoms with E-state index in [0.29, 0.717) is 15.6 Å². The summed E-state index contributed by atoms with van der Waals surface area (Å²) < 4.78 is 10.3. The first-order chi connectivity index (χ1) is 4.13. The summed E-state index contributed by atoms with van der Waals surface area (Å²) in [5.74, 6) is 0. The van der Waals surface area contributed by atoms with Crippen molar-refractivity contribution in [3.63, 3.8) is 0 Å². The van der Waals surface area contributed by atoms with Gasteiger partial charge in [0, 0.05) is 0 Å². The van der Waals surface area contributed by atoms with Gasteiger partial charge in [-0.05, 0) is 0 Å². The summed E-state index contributed by atoms with van der Waals surface area (Å²) in [4.78, 5) is 0. The summed E-state index contributed by atoms with van der Waals surface area (Å²) in [6, 6.07) is 0. The van der Waals surface area contributed by atoms with Gasteiger partial charge >= 0.3 is 63.2 Å². The first-order valence-corrected chi connectivity index (χ1v) is 3.97. The van der Waals surface area contributed by atoms with Gasteiger partial charge < -0.3 is 0 Å². The van der Waals surface area contributed by atoms with Gasteiger partial charge in [0.25, 0.3) is 0 Å². The molecule has 0 atom stereocenters. The minimum atomic E-state index is 0.267. The average molecular weight is 174 g/mol. The van der Waals surface area contributed by atoms with Gasteiger partial charge in [-0.3, -0.25) is 0 Å². The molecule has 3 heteroatoms. The molecule has 0 bridgehead atoms. The predicted molar refractivity (Wildman–Crippen MR) is 32.4 cm³/mol. The monoisotopic (exact) mass is 174 g/mol. The predicted octanol–water partition coefficient (Wildman–Crippen LogP) is 1.75. The van der Waals surface area contributed by atoms with Crippen molar-refractivity contribution in [1.29, 1.82) is 0 Å². The fraction of sp³-hybridized carbons (Fsp3) is 1.00. The Hall–Kier alpha value is 0.439. The second kappa shape index (κ2) is 5.24. The average Bonchev–Trinajstić information content (AvgIpc) is 1.63. The van der Waals surface area contributed by atoms with Crippen LogP contribution >= 0.6 is 0 Å². The first-order valence-electron chi connectivity index (χ1n) is 3.07. The van der Waals surface area contributed by atoms with Gasteiger partial charge in [-0.15, -0.1) is 0 Å². The van der Waals surface area contributed by atoms with Crippen molar-refractivity contribution in [1.82, 2.24) is 0 Å². The van der Waals surface area contributed by atoms with Crippen LogP contribution in [0, 0.1) is 0 Å². The normalized spacial score (nSPS) is 11.8. The zero-order valence-electron chi connectivity index (χ0n) is 6.32. The van der Waals surface area contributed by atoms with Gasteiger partial charge in [0.05, 0.1) is 0 Å². The van der Waals surface area contributed by atoms with Crippen molar-refractivity contribution in [2.24, 2.45) is 0 Å². The van der Waals surface area contributed by atoms with Gasteiger partial charge in [0.2, 0.25) is 0 Å². The zero-order chi connectivity index (χ0) is 7.28. The van der Waals surface area contributed by atoms with Crippen LogP contribution in [-0.4, -0.2) is 12.2 Å². The molecule has 0 radical (unpaired) electrons. The molecule has 0 fully saturated rings. The van der Waals surface area contributed by atoms with E-state index >= 15 is 0 Å². The number of hydrogen-bond acceptors (Lipinski definition) is 2. The summed E-state index contributed by atoms with van der Waals surface area (Å²) in [5.41, 5.74) is 0. The van der Waals surface area contributed by atoms with Crippen molar-refractivity contribution < 1.29 is 23.3 Å². The molecular formula is C6H14FeO2. The fourth-order valence-corrected chi connectivity index (χ4v) is 0.642. The Balaban J connectivity index is 2.91. The third kappa shape index (κ3) is 8.44. The van der Waals surface area contributed by atoms with Crippen LogP contribution in [-0.2, 0) is 23.3 Å². The molecule has 0 N–H and O–H groups in total. The summed E-state index contributed by atoms with van der Waals surface area (Å²) >= 11 is 0.412. The minimum absolute atomic E-state index is 0.267. The molecule has 0 aromatic heterocycles. The van der Waals surface area contributed by atoms with E-state index in [4.69, 9.17) is 7.64 Å². The SMILES string of the molecule is CC(C)[O][Fe][O]C(C)C. The van der Waals surface area contributed by atoms with E-state index in [1.165, 1.54) is 0 Å². The summed E-state index contributed by atoms with van der Waals surface area (Å²) in [7, 11) is 0. The molecule has 9 heavy (non-hydrogen) atoms. The maximum absolute atomic E-state index is 5.13. The molecule has 2 nitrogen and oxygen atoms in total. The van der Waals surface area contributed by atoms with Crippen molar-refractivity contribution in [3.8, 4) is 0 Å². The molecule has 0 saturated heterocycles. The maximum atomic E-state index is 5.13. The van der Waals surface area contributed by atoms with Crippen molar-refractivity contribution in [2.75, 3.05) is 0 Å². The number of rotatable bonds is 4. The van der Waals surface area contributed by atoms with Crippen LogP contribution in [0.2, 0.25) is 0 Å². The van der Waals surface area contributed by atoms with Crippen LogP contribution in [0.3, 0.4) is 0 Å². The van der Waals surface area contributed by atoms with Gasteiger partial charge in [-0.25, -0.2) is 0 Å². The Bertz CT molecular complexity index is 56.1. The van der Waals surface area contributed by atoms with E-state index in [9.17, 15) is 0 Å². The Morgan fingerprint density at radius 1 is 0.889 bits per heavy atom. The molecule has 0 aliphatic rings. The fourth-order valence-electron chi connectivity index (χ4n) is 0.156. The molecular weight excluding hydrogens is 160 g/mol. The molecule has 0 spiro atoms. The molecule has 0 rings (SSSR count). The van der Waals surface area contributed by atoms with Crippen LogP contribution < -0.4 is 0 Å². The molecule has 0 aromatic rings. The van der Waals surface area contributed by atoms with Crippen LogP contribution in [0.4, 0.5) is 0 Å². The van der Waals surface area contributed by atoms with Crippen molar-refractivity contribution >= 4 is 0 Å². The van der Waals surface area contributed by atoms with E-state index in [1.54, 1.807) is 0 Å². The van der Waals surface area contributed by atoms with Crippen LogP contribution in [0.15, 0.2) is 0 Å². The topological polar surface area (TPSA) is 18.5 Å². The standard InChI is InChI=1S/2C3H7O.Fe/c2*1-3(2)4;/h2*3H,1-2H3;/q2*-1;+2. The molecule has 0 amide bonds. The quantitative estimate of drug-likeness (QED) is 0.604. The number of hydrogen-bond donors (Lipinski definition) is 0. The molecule has 0 aliphatic carbocycles. The van der Waals surface area contributed by atoms with Gasteiger partial charge in [-0.1, -0.05) is 0 Å². The second-order valence-corrected chi connectivity index (χ2v) is 3.03. The molecule has 0 aromatic carbocycles. The van der Waals surface area contributed by atoms with Gasteiger partial charge in [0.1, 0.15) is 0 Å². The molecule has 0 unspecified atom stereocenters. The van der Waals surface area contributed by atoms with Crippen molar-refractivity contribution in [2.45, 2.75) is 39.9 Å². The Morgan fingerprint density at radius 2 is 1.22 bits per heavy atom. The van der Waals surface area contributed by atoms with Gasteiger partial charge in [-0.2, -0.15) is 0 Å². The molecule has 0 saturated carbocycles. The summed E-state index contributed by atoms with van der Waals surface area (Å²) in [6.07, 6.45) is 0.535. The van der Waals surface area contributed by atoms with Crippen molar-refractivity contribution in [3.05, 3.63) is 0 Å². The first kappa shape index (κ1) is 9.44. The van der Waals surface area contributed by atoms with Crippen LogP contribution in [0.5, 0.6) is 0 Å². The Morgan fingerprint density at radius 3 is 1.44 bits per heavy atom. The summed E-state index contributed by atoms with van der Waals surface area (Å²) in [6.45, 7) is 7.96. The Kier molecular flexibility index (Phi) is 5.50. The molecule has 58 valence electrons. The third-order valence-corrected chi connectivity index (χ3v) is 1.65. The van der Waals surface area contributed by atoms with E-state index < -0.39 is 0 Å². The molecule has 0 heterocycles. The Labute approximate surface area is 63.7 Å².